The van der Waals surface area contributed by atoms with Gasteiger partial charge in [0, 0.05) is 24.5 Å². The molecular weight excluding hydrogens is 236 g/mol. The zero-order valence-electron chi connectivity index (χ0n) is 10.7. The van der Waals surface area contributed by atoms with E-state index in [4.69, 9.17) is 0 Å². The molecule has 1 amide bonds. The predicted molar refractivity (Wildman–Crippen MR) is 73.9 cm³/mol. The molecule has 3 nitrogen and oxygen atoms in total. The number of rotatable bonds is 3. The van der Waals surface area contributed by atoms with E-state index >= 15 is 0 Å². The van der Waals surface area contributed by atoms with Gasteiger partial charge in [-0.3, -0.25) is 9.78 Å². The SMILES string of the molecule is O=C(NCc1ccncc1)c1ccc2c(c1)CCC2. The summed E-state index contributed by atoms with van der Waals surface area (Å²) in [6.07, 6.45) is 6.92. The maximum absolute atomic E-state index is 12.1. The highest BCUT2D eigenvalue weighted by Gasteiger charge is 2.13. The van der Waals surface area contributed by atoms with Crippen molar-refractivity contribution in [1.29, 1.82) is 0 Å². The molecule has 1 aliphatic rings. The number of nitrogens with zero attached hydrogens (tertiary/aromatic N) is 1. The molecular formula is C16H16N2O. The molecule has 1 heterocycles. The Kier molecular flexibility index (Phi) is 3.27. The molecule has 3 rings (SSSR count). The maximum Gasteiger partial charge on any atom is 0.251 e. The highest BCUT2D eigenvalue weighted by molar-refractivity contribution is 5.94. The van der Waals surface area contributed by atoms with E-state index in [0.29, 0.717) is 6.54 Å². The standard InChI is InChI=1S/C16H16N2O/c19-16(18-11-12-6-8-17-9-7-12)15-5-4-13-2-1-3-14(13)10-15/h4-10H,1-3,11H2,(H,18,19). The van der Waals surface area contributed by atoms with E-state index in [1.807, 2.05) is 24.3 Å². The lowest BCUT2D eigenvalue weighted by atomic mass is 10.1. The third-order valence-corrected chi connectivity index (χ3v) is 3.56. The van der Waals surface area contributed by atoms with Crippen molar-refractivity contribution in [3.05, 3.63) is 65.0 Å². The highest BCUT2D eigenvalue weighted by Crippen LogP contribution is 2.22. The molecule has 1 aromatic heterocycles. The van der Waals surface area contributed by atoms with Crippen LogP contribution in [-0.2, 0) is 19.4 Å². The van der Waals surface area contributed by atoms with Gasteiger partial charge in [0.2, 0.25) is 0 Å². The first-order valence-electron chi connectivity index (χ1n) is 6.62. The Morgan fingerprint density at radius 1 is 1.11 bits per heavy atom. The van der Waals surface area contributed by atoms with Crippen LogP contribution in [0.5, 0.6) is 0 Å². The van der Waals surface area contributed by atoms with Gasteiger partial charge < -0.3 is 5.32 Å². The normalized spacial score (nSPS) is 13.1. The van der Waals surface area contributed by atoms with Gasteiger partial charge in [0.25, 0.3) is 5.91 Å². The van der Waals surface area contributed by atoms with Gasteiger partial charge in [-0.1, -0.05) is 6.07 Å². The minimum Gasteiger partial charge on any atom is -0.348 e. The number of hydrogen-bond acceptors (Lipinski definition) is 2. The van der Waals surface area contributed by atoms with Crippen LogP contribution in [0.2, 0.25) is 0 Å². The van der Waals surface area contributed by atoms with Crippen LogP contribution in [0.25, 0.3) is 0 Å². The second-order valence-corrected chi connectivity index (χ2v) is 4.88. The Morgan fingerprint density at radius 2 is 1.89 bits per heavy atom. The van der Waals surface area contributed by atoms with Gasteiger partial charge in [0.05, 0.1) is 0 Å². The molecule has 3 heteroatoms. The lowest BCUT2D eigenvalue weighted by molar-refractivity contribution is 0.0951. The average molecular weight is 252 g/mol. The van der Waals surface area contributed by atoms with Crippen LogP contribution in [0.15, 0.2) is 42.7 Å². The maximum atomic E-state index is 12.1. The third kappa shape index (κ3) is 2.65. The molecule has 0 spiro atoms. The fraction of sp³-hybridized carbons (Fsp3) is 0.250. The van der Waals surface area contributed by atoms with Crippen LogP contribution < -0.4 is 5.32 Å². The van der Waals surface area contributed by atoms with Gasteiger partial charge in [-0.2, -0.15) is 0 Å². The Bertz CT molecular complexity index is 593. The van der Waals surface area contributed by atoms with Gasteiger partial charge in [-0.05, 0) is 60.2 Å². The number of pyridine rings is 1. The summed E-state index contributed by atoms with van der Waals surface area (Å²) in [6, 6.07) is 9.85. The molecule has 0 unspecified atom stereocenters. The quantitative estimate of drug-likeness (QED) is 0.912. The topological polar surface area (TPSA) is 42.0 Å². The number of aryl methyl sites for hydroxylation is 2. The molecule has 1 aromatic carbocycles. The van der Waals surface area contributed by atoms with E-state index in [9.17, 15) is 4.79 Å². The number of amides is 1. The van der Waals surface area contributed by atoms with Crippen molar-refractivity contribution in [2.45, 2.75) is 25.8 Å². The lowest BCUT2D eigenvalue weighted by Crippen LogP contribution is -2.22. The van der Waals surface area contributed by atoms with Crippen molar-refractivity contribution in [2.24, 2.45) is 0 Å². The Labute approximate surface area is 112 Å². The molecule has 0 fully saturated rings. The largest absolute Gasteiger partial charge is 0.348 e. The molecule has 0 saturated carbocycles. The van der Waals surface area contributed by atoms with Crippen LogP contribution in [0.3, 0.4) is 0 Å². The number of nitrogens with one attached hydrogen (secondary N) is 1. The second-order valence-electron chi connectivity index (χ2n) is 4.88. The number of carbonyl (C=O) groups excluding carboxylic acids is 1. The number of hydrogen-bond donors (Lipinski definition) is 1. The van der Waals surface area contributed by atoms with Crippen LogP contribution in [0.1, 0.15) is 33.5 Å². The molecule has 19 heavy (non-hydrogen) atoms. The van der Waals surface area contributed by atoms with Crippen molar-refractivity contribution in [2.75, 3.05) is 0 Å². The molecule has 2 aromatic rings. The molecule has 0 bridgehead atoms. The first kappa shape index (κ1) is 11.9. The monoisotopic (exact) mass is 252 g/mol. The smallest absolute Gasteiger partial charge is 0.251 e. The predicted octanol–water partition coefficient (Wildman–Crippen LogP) is 2.50. The van der Waals surface area contributed by atoms with E-state index in [1.54, 1.807) is 12.4 Å². The number of fused-ring (bicyclic) bond motifs is 1. The van der Waals surface area contributed by atoms with E-state index in [2.05, 4.69) is 16.4 Å². The second kappa shape index (κ2) is 5.22. The lowest BCUT2D eigenvalue weighted by Gasteiger charge is -2.07. The van der Waals surface area contributed by atoms with Gasteiger partial charge in [-0.25, -0.2) is 0 Å². The number of carbonyl (C=O) groups is 1. The summed E-state index contributed by atoms with van der Waals surface area (Å²) in [5, 5.41) is 2.94. The Hall–Kier alpha value is -2.16. The summed E-state index contributed by atoms with van der Waals surface area (Å²) in [4.78, 5) is 16.0. The van der Waals surface area contributed by atoms with Crippen LogP contribution in [0.4, 0.5) is 0 Å². The zero-order valence-corrected chi connectivity index (χ0v) is 10.7. The van der Waals surface area contributed by atoms with E-state index in [1.165, 1.54) is 17.5 Å². The first-order chi connectivity index (χ1) is 9.33. The van der Waals surface area contributed by atoms with Gasteiger partial charge in [-0.15, -0.1) is 0 Å². The van der Waals surface area contributed by atoms with Crippen molar-refractivity contribution >= 4 is 5.91 Å². The first-order valence-corrected chi connectivity index (χ1v) is 6.62. The van der Waals surface area contributed by atoms with Gasteiger partial charge >= 0.3 is 0 Å². The van der Waals surface area contributed by atoms with Crippen LogP contribution in [0, 0.1) is 0 Å². The van der Waals surface area contributed by atoms with E-state index in [0.717, 1.165) is 24.0 Å². The third-order valence-electron chi connectivity index (χ3n) is 3.56. The average Bonchev–Trinajstić information content (AvgIpc) is 2.93. The minimum atomic E-state index is -0.00786. The summed E-state index contributed by atoms with van der Waals surface area (Å²) in [6.45, 7) is 0.540. The van der Waals surface area contributed by atoms with Crippen LogP contribution in [-0.4, -0.2) is 10.9 Å². The van der Waals surface area contributed by atoms with Crippen molar-refractivity contribution < 1.29 is 4.79 Å². The summed E-state index contributed by atoms with van der Waals surface area (Å²) in [5.41, 5.74) is 4.54. The summed E-state index contributed by atoms with van der Waals surface area (Å²) < 4.78 is 0. The zero-order chi connectivity index (χ0) is 13.1. The van der Waals surface area contributed by atoms with Crippen molar-refractivity contribution in [3.8, 4) is 0 Å². The van der Waals surface area contributed by atoms with Gasteiger partial charge in [0.1, 0.15) is 0 Å². The number of aromatic nitrogens is 1. The summed E-state index contributed by atoms with van der Waals surface area (Å²) in [5.74, 6) is -0.00786. The van der Waals surface area contributed by atoms with Crippen LogP contribution >= 0.6 is 0 Å². The minimum absolute atomic E-state index is 0.00786. The van der Waals surface area contributed by atoms with Gasteiger partial charge in [0.15, 0.2) is 0 Å². The highest BCUT2D eigenvalue weighted by atomic mass is 16.1. The molecule has 1 aliphatic carbocycles. The molecule has 0 saturated heterocycles. The Balaban J connectivity index is 1.67. The fourth-order valence-corrected chi connectivity index (χ4v) is 2.50. The van der Waals surface area contributed by atoms with E-state index < -0.39 is 0 Å². The molecule has 1 N–H and O–H groups in total. The molecule has 0 atom stereocenters. The van der Waals surface area contributed by atoms with Crippen molar-refractivity contribution in [1.82, 2.24) is 10.3 Å². The fourth-order valence-electron chi connectivity index (χ4n) is 2.50. The molecule has 96 valence electrons. The summed E-state index contributed by atoms with van der Waals surface area (Å²) in [7, 11) is 0. The number of benzene rings is 1. The molecule has 0 radical (unpaired) electrons. The van der Waals surface area contributed by atoms with Crippen molar-refractivity contribution in [3.63, 3.8) is 0 Å². The Morgan fingerprint density at radius 3 is 2.74 bits per heavy atom. The summed E-state index contributed by atoms with van der Waals surface area (Å²) >= 11 is 0. The molecule has 0 aliphatic heterocycles. The van der Waals surface area contributed by atoms with E-state index in [-0.39, 0.29) is 5.91 Å².